The number of amides is 3. The molecule has 2 saturated heterocycles. The maximum atomic E-state index is 15.2. The number of aromatic nitrogens is 2. The second-order valence-electron chi connectivity index (χ2n) is 19.1. The van der Waals surface area contributed by atoms with Gasteiger partial charge in [0.1, 0.15) is 30.7 Å². The number of methoxy groups -OCH3 is 1. The molecule has 0 spiro atoms. The second kappa shape index (κ2) is 19.3. The Balaban J connectivity index is 1.07. The minimum atomic E-state index is -1.35. The van der Waals surface area contributed by atoms with Crippen molar-refractivity contribution in [2.45, 2.75) is 82.7 Å². The van der Waals surface area contributed by atoms with Crippen molar-refractivity contribution in [1.29, 1.82) is 0 Å². The number of imide groups is 1. The number of fused-ring (bicyclic) bond motifs is 3. The minimum Gasteiger partial charge on any atom is -0.497 e. The van der Waals surface area contributed by atoms with E-state index in [-0.39, 0.29) is 44.2 Å². The third kappa shape index (κ3) is 9.13. The lowest BCUT2D eigenvalue weighted by Crippen LogP contribution is -2.58. The van der Waals surface area contributed by atoms with Crippen molar-refractivity contribution in [3.63, 3.8) is 0 Å². The molecule has 354 valence electrons. The Hall–Kier alpha value is -6.81. The summed E-state index contributed by atoms with van der Waals surface area (Å²) in [5.41, 5.74) is 5.74. The molecule has 69 heavy (non-hydrogen) atoms. The van der Waals surface area contributed by atoms with E-state index in [1.165, 1.54) is 4.90 Å². The van der Waals surface area contributed by atoms with E-state index < -0.39 is 56.6 Å². The molecule has 5 heterocycles. The highest BCUT2D eigenvalue weighted by Crippen LogP contribution is 2.45. The van der Waals surface area contributed by atoms with Crippen molar-refractivity contribution in [2.75, 3.05) is 20.3 Å². The van der Waals surface area contributed by atoms with E-state index >= 15 is 9.59 Å². The van der Waals surface area contributed by atoms with Crippen molar-refractivity contribution in [3.05, 3.63) is 174 Å². The molecule has 2 fully saturated rings. The van der Waals surface area contributed by atoms with Crippen LogP contribution in [0, 0.1) is 0 Å². The molecule has 0 bridgehead atoms. The summed E-state index contributed by atoms with van der Waals surface area (Å²) in [6.07, 6.45) is -0.891. The van der Waals surface area contributed by atoms with E-state index in [0.29, 0.717) is 28.6 Å². The van der Waals surface area contributed by atoms with Gasteiger partial charge in [0.15, 0.2) is 12.3 Å². The molecule has 5 atom stereocenters. The summed E-state index contributed by atoms with van der Waals surface area (Å²) in [6, 6.07) is 42.2. The summed E-state index contributed by atoms with van der Waals surface area (Å²) in [6.45, 7) is 8.39. The SMILES string of the molecule is COc1ccc(COC[C@H]2O[C@H](n3cc(C4=C(c5cn(COCC[Si](C)(C)C)c6ccccc56)C(=O)N(Cc5ccccc5)C4=O)c4ccccc43)[C@@H](O)[C@@H]3[C@@H]2OC(=O)N3Cc2ccccc2)cc1. The number of rotatable bonds is 17. The molecule has 10 rings (SSSR count). The molecule has 3 amide bonds. The standard InChI is InChI=1S/C55H56N4O9Si/c1-64-39-25-23-38(24-26-39)33-66-34-46-51-49(58(55(63)68-51)29-36-15-7-5-8-16-36)50(60)54(67-46)57-32-43(41-20-12-14-22-45(41)57)48-47(52(61)59(53(48)62)30-37-17-9-6-10-18-37)42-31-56(35-65-27-28-69(2,3)4)44-21-13-11-19-40(42)44/h5-26,31-32,46,49-51,54,60H,27-30,33-35H2,1-4H3/t46-,49-,50+,51-,54+/m1/s1. The Morgan fingerprint density at radius 1 is 0.667 bits per heavy atom. The van der Waals surface area contributed by atoms with Gasteiger partial charge < -0.3 is 37.9 Å². The van der Waals surface area contributed by atoms with Crippen LogP contribution in [0.1, 0.15) is 34.0 Å². The van der Waals surface area contributed by atoms with Crippen LogP contribution in [0.3, 0.4) is 0 Å². The lowest BCUT2D eigenvalue weighted by Gasteiger charge is -2.42. The number of benzene rings is 5. The smallest absolute Gasteiger partial charge is 0.410 e. The fourth-order valence-electron chi connectivity index (χ4n) is 9.76. The number of hydrogen-bond donors (Lipinski definition) is 1. The lowest BCUT2D eigenvalue weighted by atomic mass is 9.94. The first kappa shape index (κ1) is 45.9. The summed E-state index contributed by atoms with van der Waals surface area (Å²) in [5, 5.41) is 14.1. The van der Waals surface area contributed by atoms with E-state index in [1.54, 1.807) is 18.2 Å². The predicted molar refractivity (Wildman–Crippen MR) is 265 cm³/mol. The van der Waals surface area contributed by atoms with Crippen LogP contribution >= 0.6 is 0 Å². The summed E-state index contributed by atoms with van der Waals surface area (Å²) < 4.78 is 34.6. The normalized spacial score (nSPS) is 20.7. The number of nitrogens with zero attached hydrogens (tertiary/aromatic N) is 4. The Morgan fingerprint density at radius 2 is 1.26 bits per heavy atom. The summed E-state index contributed by atoms with van der Waals surface area (Å²) in [7, 11) is 0.263. The van der Waals surface area contributed by atoms with Gasteiger partial charge in [-0.25, -0.2) is 4.79 Å². The maximum Gasteiger partial charge on any atom is 0.410 e. The fraction of sp³-hybridized carbons (Fsp3) is 0.291. The average molecular weight is 945 g/mol. The van der Waals surface area contributed by atoms with Crippen LogP contribution in [-0.4, -0.2) is 94.7 Å². The number of carbonyl (C=O) groups is 3. The van der Waals surface area contributed by atoms with Gasteiger partial charge in [0.2, 0.25) is 0 Å². The molecule has 3 aliphatic rings. The Bertz CT molecular complexity index is 3040. The van der Waals surface area contributed by atoms with Crippen LogP contribution in [0.15, 0.2) is 146 Å². The van der Waals surface area contributed by atoms with E-state index in [2.05, 4.69) is 19.6 Å². The zero-order valence-electron chi connectivity index (χ0n) is 39.2. The molecule has 0 radical (unpaired) electrons. The highest BCUT2D eigenvalue weighted by atomic mass is 28.3. The first-order chi connectivity index (χ1) is 33.5. The van der Waals surface area contributed by atoms with Crippen LogP contribution in [-0.2, 0) is 55.0 Å². The molecule has 13 nitrogen and oxygen atoms in total. The number of carbonyl (C=O) groups excluding carboxylic acids is 3. The molecule has 2 aromatic heterocycles. The Labute approximate surface area is 402 Å². The highest BCUT2D eigenvalue weighted by molar-refractivity contribution is 6.76. The van der Waals surface area contributed by atoms with Gasteiger partial charge in [-0.1, -0.05) is 129 Å². The molecule has 0 saturated carbocycles. The van der Waals surface area contributed by atoms with Crippen molar-refractivity contribution in [1.82, 2.24) is 18.9 Å². The van der Waals surface area contributed by atoms with Crippen LogP contribution in [0.5, 0.6) is 5.75 Å². The summed E-state index contributed by atoms with van der Waals surface area (Å²) in [5.74, 6) is -0.130. The van der Waals surface area contributed by atoms with Gasteiger partial charge in [-0.05, 0) is 47.0 Å². The van der Waals surface area contributed by atoms with Gasteiger partial charge in [-0.3, -0.25) is 19.4 Å². The number of hydrogen-bond acceptors (Lipinski definition) is 9. The average Bonchev–Trinajstić information content (AvgIpc) is 4.08. The third-order valence-electron chi connectivity index (χ3n) is 13.3. The molecule has 7 aromatic rings. The molecular formula is C55H56N4O9Si. The molecular weight excluding hydrogens is 889 g/mol. The van der Waals surface area contributed by atoms with Gasteiger partial charge in [-0.15, -0.1) is 0 Å². The monoisotopic (exact) mass is 944 g/mol. The van der Waals surface area contributed by atoms with Crippen molar-refractivity contribution in [2.24, 2.45) is 0 Å². The van der Waals surface area contributed by atoms with Gasteiger partial charge in [0.25, 0.3) is 11.8 Å². The van der Waals surface area contributed by atoms with E-state index in [4.69, 9.17) is 23.7 Å². The number of aliphatic hydroxyl groups is 1. The Morgan fingerprint density at radius 3 is 1.91 bits per heavy atom. The van der Waals surface area contributed by atoms with E-state index in [9.17, 15) is 9.90 Å². The van der Waals surface area contributed by atoms with Crippen LogP contribution in [0.2, 0.25) is 25.7 Å². The molecule has 5 aromatic carbocycles. The largest absolute Gasteiger partial charge is 0.497 e. The van der Waals surface area contributed by atoms with E-state index in [0.717, 1.165) is 39.4 Å². The van der Waals surface area contributed by atoms with Crippen molar-refractivity contribution < 1.29 is 43.2 Å². The lowest BCUT2D eigenvalue weighted by molar-refractivity contribution is -0.216. The molecule has 3 aliphatic heterocycles. The van der Waals surface area contributed by atoms with Gasteiger partial charge in [-0.2, -0.15) is 0 Å². The van der Waals surface area contributed by atoms with Crippen LogP contribution in [0.4, 0.5) is 4.79 Å². The zero-order chi connectivity index (χ0) is 47.8. The number of ether oxygens (including phenoxy) is 5. The van der Waals surface area contributed by atoms with Crippen molar-refractivity contribution in [3.8, 4) is 5.75 Å². The summed E-state index contributed by atoms with van der Waals surface area (Å²) >= 11 is 0. The van der Waals surface area contributed by atoms with Gasteiger partial charge in [0.05, 0.1) is 49.0 Å². The van der Waals surface area contributed by atoms with Crippen LogP contribution in [0.25, 0.3) is 33.0 Å². The highest BCUT2D eigenvalue weighted by Gasteiger charge is 2.56. The van der Waals surface area contributed by atoms with E-state index in [1.807, 2.05) is 149 Å². The molecule has 0 unspecified atom stereocenters. The Kier molecular flexibility index (Phi) is 12.8. The van der Waals surface area contributed by atoms with Gasteiger partial charge >= 0.3 is 6.09 Å². The zero-order valence-corrected chi connectivity index (χ0v) is 40.2. The predicted octanol–water partition coefficient (Wildman–Crippen LogP) is 9.26. The van der Waals surface area contributed by atoms with Crippen molar-refractivity contribution >= 4 is 58.9 Å². The molecule has 14 heteroatoms. The molecule has 0 aliphatic carbocycles. The van der Waals surface area contributed by atoms with Gasteiger partial charge in [0, 0.05) is 55.5 Å². The first-order valence-electron chi connectivity index (χ1n) is 23.4. The first-order valence-corrected chi connectivity index (χ1v) is 27.1. The number of aliphatic hydroxyl groups excluding tert-OH is 1. The fourth-order valence-corrected chi connectivity index (χ4v) is 10.5. The third-order valence-corrected chi connectivity index (χ3v) is 15.0. The molecule has 1 N–H and O–H groups in total. The quantitative estimate of drug-likeness (QED) is 0.0539. The topological polar surface area (TPSA) is 134 Å². The maximum absolute atomic E-state index is 15.2. The minimum absolute atomic E-state index is 0.0393. The second-order valence-corrected chi connectivity index (χ2v) is 24.8. The summed E-state index contributed by atoms with van der Waals surface area (Å²) in [4.78, 5) is 47.0. The number of para-hydroxylation sites is 2. The van der Waals surface area contributed by atoms with Crippen LogP contribution < -0.4 is 4.74 Å².